The Kier molecular flexibility index (Phi) is 11.7. The molecule has 2 aliphatic heterocycles. The van der Waals surface area contributed by atoms with Crippen molar-refractivity contribution in [3.05, 3.63) is 58.6 Å². The number of piperidine rings is 2. The van der Waals surface area contributed by atoms with E-state index in [4.69, 9.17) is 16.3 Å². The van der Waals surface area contributed by atoms with Crippen molar-refractivity contribution in [3.8, 4) is 0 Å². The first-order chi connectivity index (χ1) is 20.2. The number of anilines is 2. The molecule has 8 nitrogen and oxygen atoms in total. The zero-order valence-corrected chi connectivity index (χ0v) is 26.0. The van der Waals surface area contributed by atoms with Crippen LogP contribution >= 0.6 is 11.6 Å². The van der Waals surface area contributed by atoms with E-state index in [1.54, 1.807) is 13.8 Å². The van der Waals surface area contributed by atoms with Crippen LogP contribution in [-0.4, -0.2) is 73.6 Å². The van der Waals surface area contributed by atoms with Gasteiger partial charge in [0.2, 0.25) is 11.8 Å². The smallest absolute Gasteiger partial charge is 0.411 e. The van der Waals surface area contributed by atoms with Crippen molar-refractivity contribution in [2.24, 2.45) is 11.8 Å². The Labute approximate surface area is 255 Å². The zero-order valence-electron chi connectivity index (χ0n) is 25.2. The summed E-state index contributed by atoms with van der Waals surface area (Å²) in [5.74, 6) is 0.776. The largest absolute Gasteiger partial charge is 0.450 e. The molecular formula is C33H45ClN4O4. The quantitative estimate of drug-likeness (QED) is 0.356. The molecule has 0 spiro atoms. The van der Waals surface area contributed by atoms with Crippen LogP contribution in [0.1, 0.15) is 57.1 Å². The van der Waals surface area contributed by atoms with Gasteiger partial charge in [0.25, 0.3) is 0 Å². The van der Waals surface area contributed by atoms with Crippen LogP contribution < -0.4 is 10.2 Å². The first-order valence-electron chi connectivity index (χ1n) is 15.3. The maximum atomic E-state index is 13.7. The summed E-state index contributed by atoms with van der Waals surface area (Å²) in [5.41, 5.74) is 3.87. The number of nitrogens with zero attached hydrogens (tertiary/aromatic N) is 3. The predicted molar refractivity (Wildman–Crippen MR) is 168 cm³/mol. The fraction of sp³-hybridized carbons (Fsp3) is 0.545. The molecule has 0 aliphatic carbocycles. The van der Waals surface area contributed by atoms with Crippen LogP contribution in [-0.2, 0) is 20.7 Å². The molecule has 0 radical (unpaired) electrons. The van der Waals surface area contributed by atoms with Crippen LogP contribution in [0.25, 0.3) is 0 Å². The summed E-state index contributed by atoms with van der Waals surface area (Å²) in [6.07, 6.45) is 5.19. The molecule has 2 aromatic rings. The molecule has 2 heterocycles. The summed E-state index contributed by atoms with van der Waals surface area (Å²) in [4.78, 5) is 43.4. The number of amides is 3. The maximum absolute atomic E-state index is 13.7. The topological polar surface area (TPSA) is 82.2 Å². The number of nitrogens with one attached hydrogen (secondary N) is 1. The molecule has 9 heteroatoms. The molecule has 2 fully saturated rings. The van der Waals surface area contributed by atoms with Gasteiger partial charge < -0.3 is 19.4 Å². The Bertz CT molecular complexity index is 1210. The molecule has 2 aromatic carbocycles. The van der Waals surface area contributed by atoms with Crippen molar-refractivity contribution in [1.29, 1.82) is 0 Å². The number of halogens is 1. The van der Waals surface area contributed by atoms with Crippen LogP contribution in [0.4, 0.5) is 16.2 Å². The second-order valence-corrected chi connectivity index (χ2v) is 12.0. The van der Waals surface area contributed by atoms with E-state index in [0.29, 0.717) is 50.0 Å². The molecule has 0 bridgehead atoms. The number of benzene rings is 2. The lowest BCUT2D eigenvalue weighted by Gasteiger charge is -2.35. The summed E-state index contributed by atoms with van der Waals surface area (Å²) in [6.45, 7) is 10.7. The highest BCUT2D eigenvalue weighted by molar-refractivity contribution is 6.31. The van der Waals surface area contributed by atoms with Crippen LogP contribution in [0.15, 0.2) is 42.5 Å². The lowest BCUT2D eigenvalue weighted by Crippen LogP contribution is -2.45. The Morgan fingerprint density at radius 2 is 1.69 bits per heavy atom. The monoisotopic (exact) mass is 596 g/mol. The highest BCUT2D eigenvalue weighted by Gasteiger charge is 2.30. The normalized spacial score (nSPS) is 16.7. The minimum Gasteiger partial charge on any atom is -0.450 e. The van der Waals surface area contributed by atoms with Crippen molar-refractivity contribution in [2.45, 2.75) is 59.3 Å². The van der Waals surface area contributed by atoms with Gasteiger partial charge in [0.05, 0.1) is 6.61 Å². The van der Waals surface area contributed by atoms with E-state index in [2.05, 4.69) is 22.3 Å². The molecule has 0 aromatic heterocycles. The highest BCUT2D eigenvalue weighted by atomic mass is 35.5. The van der Waals surface area contributed by atoms with Gasteiger partial charge in [-0.15, -0.1) is 0 Å². The first kappa shape index (κ1) is 31.8. The molecule has 3 amide bonds. The van der Waals surface area contributed by atoms with Crippen molar-refractivity contribution < 1.29 is 19.1 Å². The molecule has 2 saturated heterocycles. The Hall–Kier alpha value is -3.10. The van der Waals surface area contributed by atoms with Crippen molar-refractivity contribution >= 4 is 40.9 Å². The van der Waals surface area contributed by atoms with Crippen LogP contribution in [0.5, 0.6) is 0 Å². The van der Waals surface area contributed by atoms with E-state index in [-0.39, 0.29) is 17.7 Å². The second-order valence-electron chi connectivity index (χ2n) is 11.6. The van der Waals surface area contributed by atoms with Gasteiger partial charge in [0.1, 0.15) is 0 Å². The molecule has 0 unspecified atom stereocenters. The van der Waals surface area contributed by atoms with E-state index >= 15 is 0 Å². The molecule has 1 N–H and O–H groups in total. The number of rotatable bonds is 10. The van der Waals surface area contributed by atoms with E-state index in [9.17, 15) is 14.4 Å². The summed E-state index contributed by atoms with van der Waals surface area (Å²) in [6, 6.07) is 13.9. The fourth-order valence-corrected chi connectivity index (χ4v) is 6.16. The predicted octanol–water partition coefficient (Wildman–Crippen LogP) is 6.15. The second kappa shape index (κ2) is 15.4. The van der Waals surface area contributed by atoms with Gasteiger partial charge in [0, 0.05) is 48.9 Å². The van der Waals surface area contributed by atoms with Gasteiger partial charge >= 0.3 is 6.09 Å². The van der Waals surface area contributed by atoms with E-state index in [1.165, 1.54) is 5.56 Å². The van der Waals surface area contributed by atoms with Gasteiger partial charge in [-0.3, -0.25) is 14.9 Å². The van der Waals surface area contributed by atoms with Crippen molar-refractivity contribution in [3.63, 3.8) is 0 Å². The summed E-state index contributed by atoms with van der Waals surface area (Å²) >= 11 is 6.46. The lowest BCUT2D eigenvalue weighted by atomic mass is 9.90. The third kappa shape index (κ3) is 8.95. The number of ether oxygens (including phenoxy) is 1. The van der Waals surface area contributed by atoms with Crippen LogP contribution in [0, 0.1) is 18.8 Å². The number of carbonyl (C=O) groups excluding carboxylic acids is 3. The summed E-state index contributed by atoms with van der Waals surface area (Å²) in [5, 5.41) is 3.41. The zero-order chi connectivity index (χ0) is 30.1. The van der Waals surface area contributed by atoms with Crippen LogP contribution in [0.3, 0.4) is 0 Å². The molecule has 42 heavy (non-hydrogen) atoms. The number of hydrogen-bond acceptors (Lipinski definition) is 5. The average molecular weight is 597 g/mol. The third-order valence-electron chi connectivity index (χ3n) is 8.59. The molecular weight excluding hydrogens is 552 g/mol. The summed E-state index contributed by atoms with van der Waals surface area (Å²) in [7, 11) is 0. The van der Waals surface area contributed by atoms with Gasteiger partial charge in [-0.2, -0.15) is 0 Å². The average Bonchev–Trinajstić information content (AvgIpc) is 2.98. The molecule has 2 aliphatic rings. The first-order valence-corrected chi connectivity index (χ1v) is 15.7. The van der Waals surface area contributed by atoms with E-state index in [1.807, 2.05) is 47.1 Å². The Morgan fingerprint density at radius 1 is 1.00 bits per heavy atom. The minimum atomic E-state index is -0.428. The lowest BCUT2D eigenvalue weighted by molar-refractivity contribution is -0.133. The Morgan fingerprint density at radius 3 is 2.31 bits per heavy atom. The number of likely N-dealkylation sites (tertiary alicyclic amines) is 2. The van der Waals surface area contributed by atoms with E-state index < -0.39 is 6.09 Å². The summed E-state index contributed by atoms with van der Waals surface area (Å²) < 4.78 is 4.94. The molecule has 228 valence electrons. The van der Waals surface area contributed by atoms with Crippen molar-refractivity contribution in [2.75, 3.05) is 56.1 Å². The molecule has 0 saturated carbocycles. The third-order valence-corrected chi connectivity index (χ3v) is 8.99. The standard InChI is InChI=1S/C33H45ClN4O4/c1-4-42-33(41)35-29-9-7-26(8-10-29)22-27-12-18-36(19-13-27)16-5-17-38(30-11-6-24(2)31(34)23-30)32(40)28-14-20-37(21-15-28)25(3)39/h6-11,23,27-28H,4-5,12-22H2,1-3H3,(H,35,41). The van der Waals surface area contributed by atoms with Crippen LogP contribution in [0.2, 0.25) is 5.02 Å². The van der Waals surface area contributed by atoms with Gasteiger partial charge in [0.15, 0.2) is 0 Å². The molecule has 0 atom stereocenters. The van der Waals surface area contributed by atoms with Gasteiger partial charge in [-0.25, -0.2) is 4.79 Å². The SMILES string of the molecule is CCOC(=O)Nc1ccc(CC2CCN(CCCN(C(=O)C3CCN(C(C)=O)CC3)c3ccc(C)c(Cl)c3)CC2)cc1. The molecule has 4 rings (SSSR count). The van der Waals surface area contributed by atoms with Gasteiger partial charge in [-0.1, -0.05) is 29.8 Å². The fourth-order valence-electron chi connectivity index (χ4n) is 5.99. The Balaban J connectivity index is 1.26. The highest BCUT2D eigenvalue weighted by Crippen LogP contribution is 2.28. The maximum Gasteiger partial charge on any atom is 0.411 e. The van der Waals surface area contributed by atoms with Crippen molar-refractivity contribution in [1.82, 2.24) is 9.80 Å². The van der Waals surface area contributed by atoms with Gasteiger partial charge in [-0.05, 0) is 113 Å². The number of hydrogen-bond donors (Lipinski definition) is 1. The number of aryl methyl sites for hydroxylation is 1. The minimum absolute atomic E-state index is 0.0769. The number of carbonyl (C=O) groups is 3. The van der Waals surface area contributed by atoms with E-state index in [0.717, 1.165) is 62.3 Å².